The lowest BCUT2D eigenvalue weighted by Gasteiger charge is -2.26. The van der Waals surface area contributed by atoms with Crippen LogP contribution in [0.4, 0.5) is 0 Å². The van der Waals surface area contributed by atoms with E-state index < -0.39 is 17.7 Å². The molecule has 6 nitrogen and oxygen atoms in total. The van der Waals surface area contributed by atoms with Gasteiger partial charge in [0, 0.05) is 12.1 Å². The van der Waals surface area contributed by atoms with E-state index in [1.807, 2.05) is 63.2 Å². The minimum Gasteiger partial charge on any atom is -0.507 e. The third-order valence-corrected chi connectivity index (χ3v) is 5.48. The van der Waals surface area contributed by atoms with Gasteiger partial charge in [-0.05, 0) is 58.1 Å². The van der Waals surface area contributed by atoms with Gasteiger partial charge in [-0.1, -0.05) is 48.9 Å². The normalized spacial score (nSPS) is 17.9. The lowest BCUT2D eigenvalue weighted by atomic mass is 9.94. The highest BCUT2D eigenvalue weighted by atomic mass is 16.5. The first-order valence-electron chi connectivity index (χ1n) is 11.1. The number of carbonyl (C=O) groups is 2. The van der Waals surface area contributed by atoms with Crippen molar-refractivity contribution in [1.82, 2.24) is 9.80 Å². The van der Waals surface area contributed by atoms with Gasteiger partial charge in [0.2, 0.25) is 0 Å². The van der Waals surface area contributed by atoms with Crippen molar-refractivity contribution in [2.45, 2.75) is 32.7 Å². The van der Waals surface area contributed by atoms with Crippen molar-refractivity contribution in [2.75, 3.05) is 33.8 Å². The Labute approximate surface area is 190 Å². The Kier molecular flexibility index (Phi) is 7.70. The Balaban J connectivity index is 2.06. The first-order valence-corrected chi connectivity index (χ1v) is 11.1. The van der Waals surface area contributed by atoms with Crippen molar-refractivity contribution in [3.8, 4) is 5.75 Å². The maximum Gasteiger partial charge on any atom is 0.295 e. The molecule has 1 aliphatic heterocycles. The molecule has 1 aliphatic rings. The van der Waals surface area contributed by atoms with Gasteiger partial charge in [-0.15, -0.1) is 0 Å². The summed E-state index contributed by atoms with van der Waals surface area (Å²) in [5, 5.41) is 11.2. The van der Waals surface area contributed by atoms with E-state index in [9.17, 15) is 14.7 Å². The van der Waals surface area contributed by atoms with Crippen LogP contribution in [0.2, 0.25) is 0 Å². The monoisotopic (exact) mass is 436 g/mol. The van der Waals surface area contributed by atoms with Crippen molar-refractivity contribution in [2.24, 2.45) is 0 Å². The molecule has 1 unspecified atom stereocenters. The minimum absolute atomic E-state index is 0.123. The summed E-state index contributed by atoms with van der Waals surface area (Å²) >= 11 is 0. The standard InChI is InChI=1S/C26H32N2O4/c1-5-15-32-21-12-7-11-20(17-21)24(29)22-23(19-10-6-9-18(2)16-19)28(26(31)25(22)30)14-8-13-27(3)4/h6-7,9-12,16-17,23,29H,5,8,13-15H2,1-4H3/b24-22-. The topological polar surface area (TPSA) is 70.1 Å². The number of ketones is 1. The zero-order valence-electron chi connectivity index (χ0n) is 19.3. The van der Waals surface area contributed by atoms with E-state index in [-0.39, 0.29) is 11.3 Å². The molecule has 0 radical (unpaired) electrons. The fourth-order valence-corrected chi connectivity index (χ4v) is 3.96. The number of hydrogen-bond acceptors (Lipinski definition) is 5. The molecule has 32 heavy (non-hydrogen) atoms. The lowest BCUT2D eigenvalue weighted by molar-refractivity contribution is -0.139. The summed E-state index contributed by atoms with van der Waals surface area (Å²) in [6, 6.07) is 14.1. The van der Waals surface area contributed by atoms with Crippen LogP contribution < -0.4 is 4.74 Å². The van der Waals surface area contributed by atoms with Crippen LogP contribution in [0.15, 0.2) is 54.1 Å². The van der Waals surface area contributed by atoms with Crippen molar-refractivity contribution in [3.63, 3.8) is 0 Å². The Bertz CT molecular complexity index is 1010. The van der Waals surface area contributed by atoms with Gasteiger partial charge in [-0.25, -0.2) is 0 Å². The van der Waals surface area contributed by atoms with Crippen molar-refractivity contribution in [3.05, 3.63) is 70.8 Å². The third kappa shape index (κ3) is 5.19. The van der Waals surface area contributed by atoms with E-state index in [2.05, 4.69) is 0 Å². The molecule has 1 N–H and O–H groups in total. The number of aliphatic hydroxyl groups excluding tert-OH is 1. The van der Waals surface area contributed by atoms with Gasteiger partial charge in [0.05, 0.1) is 18.2 Å². The molecular weight excluding hydrogens is 404 g/mol. The van der Waals surface area contributed by atoms with E-state index in [1.165, 1.54) is 0 Å². The SMILES string of the molecule is CCCOc1cccc(/C(O)=C2/C(=O)C(=O)N(CCCN(C)C)C2c2cccc(C)c2)c1. The fourth-order valence-electron chi connectivity index (χ4n) is 3.96. The molecule has 1 amide bonds. The molecule has 1 fully saturated rings. The molecule has 1 atom stereocenters. The molecule has 0 saturated carbocycles. The van der Waals surface area contributed by atoms with Crippen LogP contribution in [0.5, 0.6) is 5.75 Å². The molecule has 170 valence electrons. The Morgan fingerprint density at radius 2 is 1.88 bits per heavy atom. The molecule has 1 saturated heterocycles. The van der Waals surface area contributed by atoms with E-state index in [0.717, 1.165) is 30.5 Å². The predicted molar refractivity (Wildman–Crippen MR) is 126 cm³/mol. The Morgan fingerprint density at radius 3 is 2.56 bits per heavy atom. The molecule has 1 heterocycles. The van der Waals surface area contributed by atoms with E-state index in [0.29, 0.717) is 24.5 Å². The number of aryl methyl sites for hydroxylation is 1. The van der Waals surface area contributed by atoms with Crippen LogP contribution >= 0.6 is 0 Å². The van der Waals surface area contributed by atoms with Gasteiger partial charge in [0.15, 0.2) is 0 Å². The third-order valence-electron chi connectivity index (χ3n) is 5.48. The summed E-state index contributed by atoms with van der Waals surface area (Å²) in [6.45, 7) is 5.77. The summed E-state index contributed by atoms with van der Waals surface area (Å²) in [5.41, 5.74) is 2.42. The Morgan fingerprint density at radius 1 is 1.12 bits per heavy atom. The number of amides is 1. The number of ether oxygens (including phenoxy) is 1. The van der Waals surface area contributed by atoms with Crippen LogP contribution in [-0.4, -0.2) is 60.4 Å². The van der Waals surface area contributed by atoms with Gasteiger partial charge in [-0.3, -0.25) is 9.59 Å². The van der Waals surface area contributed by atoms with Crippen LogP contribution in [-0.2, 0) is 9.59 Å². The fraction of sp³-hybridized carbons (Fsp3) is 0.385. The number of rotatable bonds is 9. The van der Waals surface area contributed by atoms with Crippen molar-refractivity contribution >= 4 is 17.4 Å². The smallest absolute Gasteiger partial charge is 0.295 e. The molecule has 3 rings (SSSR count). The van der Waals surface area contributed by atoms with Gasteiger partial charge in [-0.2, -0.15) is 0 Å². The second-order valence-corrected chi connectivity index (χ2v) is 8.44. The average molecular weight is 437 g/mol. The van der Waals surface area contributed by atoms with E-state index in [4.69, 9.17) is 4.74 Å². The molecule has 0 spiro atoms. The number of nitrogens with zero attached hydrogens (tertiary/aromatic N) is 2. The first kappa shape index (κ1) is 23.5. The number of Topliss-reactive ketones (excluding diaryl/α,β-unsaturated/α-hetero) is 1. The summed E-state index contributed by atoms with van der Waals surface area (Å²) in [5.74, 6) is -0.788. The minimum atomic E-state index is -0.654. The van der Waals surface area contributed by atoms with Crippen molar-refractivity contribution < 1.29 is 19.4 Å². The molecule has 0 aromatic heterocycles. The molecule has 6 heteroatoms. The van der Waals surface area contributed by atoms with Crippen LogP contribution in [0.3, 0.4) is 0 Å². The number of hydrogen-bond donors (Lipinski definition) is 1. The largest absolute Gasteiger partial charge is 0.507 e. The second kappa shape index (κ2) is 10.5. The zero-order chi connectivity index (χ0) is 23.3. The summed E-state index contributed by atoms with van der Waals surface area (Å²) < 4.78 is 5.68. The van der Waals surface area contributed by atoms with Gasteiger partial charge in [0.1, 0.15) is 11.5 Å². The highest BCUT2D eigenvalue weighted by molar-refractivity contribution is 6.46. The molecule has 0 aliphatic carbocycles. The second-order valence-electron chi connectivity index (χ2n) is 8.44. The van der Waals surface area contributed by atoms with Crippen LogP contribution in [0, 0.1) is 6.92 Å². The first-order chi connectivity index (χ1) is 15.3. The molecule has 2 aromatic carbocycles. The van der Waals surface area contributed by atoms with E-state index >= 15 is 0 Å². The maximum absolute atomic E-state index is 13.1. The molecule has 0 bridgehead atoms. The summed E-state index contributed by atoms with van der Waals surface area (Å²) in [6.07, 6.45) is 1.59. The zero-order valence-corrected chi connectivity index (χ0v) is 19.3. The number of aliphatic hydroxyl groups is 1. The summed E-state index contributed by atoms with van der Waals surface area (Å²) in [7, 11) is 3.94. The number of benzene rings is 2. The Hall–Kier alpha value is -3.12. The predicted octanol–water partition coefficient (Wildman–Crippen LogP) is 4.16. The molecule has 2 aromatic rings. The lowest BCUT2D eigenvalue weighted by Crippen LogP contribution is -2.32. The van der Waals surface area contributed by atoms with Gasteiger partial charge < -0.3 is 19.6 Å². The number of carbonyl (C=O) groups excluding carboxylic acids is 2. The van der Waals surface area contributed by atoms with E-state index in [1.54, 1.807) is 23.1 Å². The van der Waals surface area contributed by atoms with Gasteiger partial charge in [0.25, 0.3) is 11.7 Å². The highest BCUT2D eigenvalue weighted by Gasteiger charge is 2.45. The van der Waals surface area contributed by atoms with Gasteiger partial charge >= 0.3 is 0 Å². The molecular formula is C26H32N2O4. The van der Waals surface area contributed by atoms with Crippen LogP contribution in [0.25, 0.3) is 5.76 Å². The van der Waals surface area contributed by atoms with Crippen LogP contribution in [0.1, 0.15) is 42.5 Å². The van der Waals surface area contributed by atoms with Crippen molar-refractivity contribution in [1.29, 1.82) is 0 Å². The quantitative estimate of drug-likeness (QED) is 0.363. The number of likely N-dealkylation sites (tertiary alicyclic amines) is 1. The maximum atomic E-state index is 13.1. The summed E-state index contributed by atoms with van der Waals surface area (Å²) in [4.78, 5) is 29.7. The highest BCUT2D eigenvalue weighted by Crippen LogP contribution is 2.40. The average Bonchev–Trinajstić information content (AvgIpc) is 3.02.